The van der Waals surface area contributed by atoms with Crippen molar-refractivity contribution >= 4 is 28.1 Å². The van der Waals surface area contributed by atoms with Gasteiger partial charge in [0.1, 0.15) is 11.5 Å². The fourth-order valence-electron chi connectivity index (χ4n) is 1.76. The number of hydrogen-bond acceptors (Lipinski definition) is 4. The second kappa shape index (κ2) is 7.61. The molecule has 1 amide bonds. The summed E-state index contributed by atoms with van der Waals surface area (Å²) in [7, 11) is 0. The number of phenols is 1. The lowest BCUT2D eigenvalue weighted by molar-refractivity contribution is 0.0952. The average Bonchev–Trinajstić information content (AvgIpc) is 2.50. The number of carbonyl (C=O) groups is 1. The molecule has 0 bridgehead atoms. The zero-order valence-corrected chi connectivity index (χ0v) is 13.5. The number of hydrogen-bond donors (Lipinski definition) is 2. The Bertz CT molecular complexity index is 702. The third kappa shape index (κ3) is 4.08. The lowest BCUT2D eigenvalue weighted by atomic mass is 10.2. The standard InChI is InChI=1S/C16H15BrN2O3/c1-2-22-15-8-7-11(9-13(15)17)10-18-19-16(21)12-5-3-4-6-14(12)20/h3-10,20H,2H2,1H3,(H,19,21)/b18-10-. The van der Waals surface area contributed by atoms with Gasteiger partial charge in [-0.25, -0.2) is 5.43 Å². The minimum absolute atomic E-state index is 0.0842. The highest BCUT2D eigenvalue weighted by Crippen LogP contribution is 2.25. The van der Waals surface area contributed by atoms with Crippen molar-refractivity contribution in [1.29, 1.82) is 0 Å². The fraction of sp³-hybridized carbons (Fsp3) is 0.125. The van der Waals surface area contributed by atoms with Gasteiger partial charge in [0.25, 0.3) is 5.91 Å². The van der Waals surface area contributed by atoms with Crippen LogP contribution in [0.4, 0.5) is 0 Å². The Hall–Kier alpha value is -2.34. The Labute approximate surface area is 136 Å². The van der Waals surface area contributed by atoms with Crippen molar-refractivity contribution in [3.8, 4) is 11.5 Å². The van der Waals surface area contributed by atoms with Crippen LogP contribution in [-0.2, 0) is 0 Å². The molecule has 0 heterocycles. The number of nitrogens with one attached hydrogen (secondary N) is 1. The zero-order valence-electron chi connectivity index (χ0n) is 11.9. The van der Waals surface area contributed by atoms with Crippen LogP contribution in [0, 0.1) is 0 Å². The number of aromatic hydroxyl groups is 1. The van der Waals surface area contributed by atoms with Gasteiger partial charge in [-0.1, -0.05) is 12.1 Å². The molecule has 0 fully saturated rings. The van der Waals surface area contributed by atoms with Gasteiger partial charge >= 0.3 is 0 Å². The van der Waals surface area contributed by atoms with E-state index in [1.165, 1.54) is 18.3 Å². The van der Waals surface area contributed by atoms with Crippen LogP contribution >= 0.6 is 15.9 Å². The highest BCUT2D eigenvalue weighted by molar-refractivity contribution is 9.10. The van der Waals surface area contributed by atoms with Crippen molar-refractivity contribution in [2.75, 3.05) is 6.61 Å². The normalized spacial score (nSPS) is 10.6. The molecule has 22 heavy (non-hydrogen) atoms. The molecule has 0 aliphatic carbocycles. The van der Waals surface area contributed by atoms with E-state index in [4.69, 9.17) is 4.74 Å². The maximum atomic E-state index is 11.8. The molecule has 0 spiro atoms. The van der Waals surface area contributed by atoms with Gasteiger partial charge in [-0.2, -0.15) is 5.10 Å². The number of amides is 1. The van der Waals surface area contributed by atoms with Gasteiger partial charge in [0, 0.05) is 0 Å². The molecule has 114 valence electrons. The molecular formula is C16H15BrN2O3. The van der Waals surface area contributed by atoms with Crippen molar-refractivity contribution in [2.24, 2.45) is 5.10 Å². The molecule has 2 rings (SSSR count). The summed E-state index contributed by atoms with van der Waals surface area (Å²) in [5, 5.41) is 13.5. The summed E-state index contributed by atoms with van der Waals surface area (Å²) < 4.78 is 6.23. The van der Waals surface area contributed by atoms with Crippen LogP contribution in [0.2, 0.25) is 0 Å². The Morgan fingerprint density at radius 3 is 2.82 bits per heavy atom. The van der Waals surface area contributed by atoms with Crippen molar-refractivity contribution in [2.45, 2.75) is 6.92 Å². The van der Waals surface area contributed by atoms with E-state index in [0.717, 1.165) is 15.8 Å². The van der Waals surface area contributed by atoms with E-state index in [-0.39, 0.29) is 11.3 Å². The number of benzene rings is 2. The number of para-hydroxylation sites is 1. The summed E-state index contributed by atoms with van der Waals surface area (Å²) in [5.74, 6) is 0.191. The number of ether oxygens (including phenoxy) is 1. The van der Waals surface area contributed by atoms with Crippen LogP contribution in [0.5, 0.6) is 11.5 Å². The fourth-order valence-corrected chi connectivity index (χ4v) is 2.27. The Balaban J connectivity index is 2.02. The van der Waals surface area contributed by atoms with Crippen LogP contribution < -0.4 is 10.2 Å². The molecule has 0 radical (unpaired) electrons. The molecule has 0 atom stereocenters. The number of nitrogens with zero attached hydrogens (tertiary/aromatic N) is 1. The molecule has 0 aliphatic rings. The minimum atomic E-state index is -0.473. The molecule has 0 aliphatic heterocycles. The first-order valence-corrected chi connectivity index (χ1v) is 7.45. The molecule has 2 N–H and O–H groups in total. The van der Waals surface area contributed by atoms with E-state index in [1.807, 2.05) is 25.1 Å². The maximum absolute atomic E-state index is 11.8. The zero-order chi connectivity index (χ0) is 15.9. The van der Waals surface area contributed by atoms with Gasteiger partial charge in [-0.15, -0.1) is 0 Å². The first kappa shape index (κ1) is 16.0. The molecular weight excluding hydrogens is 348 g/mol. The lowest BCUT2D eigenvalue weighted by Gasteiger charge is -2.06. The second-order valence-corrected chi connectivity index (χ2v) is 5.19. The molecule has 2 aromatic carbocycles. The SMILES string of the molecule is CCOc1ccc(/C=N\NC(=O)c2ccccc2O)cc1Br. The van der Waals surface area contributed by atoms with Crippen LogP contribution in [-0.4, -0.2) is 23.8 Å². The third-order valence-corrected chi connectivity index (χ3v) is 3.40. The number of carbonyl (C=O) groups excluding carboxylic acids is 1. The van der Waals surface area contributed by atoms with Crippen LogP contribution in [0.25, 0.3) is 0 Å². The molecule has 5 nitrogen and oxygen atoms in total. The van der Waals surface area contributed by atoms with E-state index in [1.54, 1.807) is 12.1 Å². The second-order valence-electron chi connectivity index (χ2n) is 4.34. The van der Waals surface area contributed by atoms with Gasteiger partial charge < -0.3 is 9.84 Å². The molecule has 6 heteroatoms. The first-order chi connectivity index (χ1) is 10.6. The molecule has 0 saturated heterocycles. The summed E-state index contributed by atoms with van der Waals surface area (Å²) in [6.45, 7) is 2.50. The van der Waals surface area contributed by atoms with Gasteiger partial charge in [-0.3, -0.25) is 4.79 Å². The van der Waals surface area contributed by atoms with Crippen LogP contribution in [0.15, 0.2) is 52.0 Å². The summed E-state index contributed by atoms with van der Waals surface area (Å²) in [6, 6.07) is 11.8. The highest BCUT2D eigenvalue weighted by atomic mass is 79.9. The lowest BCUT2D eigenvalue weighted by Crippen LogP contribution is -2.17. The quantitative estimate of drug-likeness (QED) is 0.633. The Kier molecular flexibility index (Phi) is 5.55. The van der Waals surface area contributed by atoms with Crippen molar-refractivity contribution in [3.05, 3.63) is 58.1 Å². The van der Waals surface area contributed by atoms with E-state index < -0.39 is 5.91 Å². The third-order valence-electron chi connectivity index (χ3n) is 2.78. The van der Waals surface area contributed by atoms with Crippen molar-refractivity contribution in [3.63, 3.8) is 0 Å². The number of phenolic OH excluding ortho intramolecular Hbond substituents is 1. The summed E-state index contributed by atoms with van der Waals surface area (Å²) >= 11 is 3.41. The summed E-state index contributed by atoms with van der Waals surface area (Å²) in [4.78, 5) is 11.8. The van der Waals surface area contributed by atoms with E-state index in [9.17, 15) is 9.90 Å². The number of rotatable bonds is 5. The maximum Gasteiger partial charge on any atom is 0.275 e. The van der Waals surface area contributed by atoms with Crippen LogP contribution in [0.1, 0.15) is 22.8 Å². The Morgan fingerprint density at radius 1 is 1.36 bits per heavy atom. The first-order valence-electron chi connectivity index (χ1n) is 6.65. The predicted molar refractivity (Wildman–Crippen MR) is 88.5 cm³/mol. The van der Waals surface area contributed by atoms with E-state index in [0.29, 0.717) is 6.61 Å². The molecule has 0 saturated carbocycles. The molecule has 0 aromatic heterocycles. The smallest absolute Gasteiger partial charge is 0.275 e. The minimum Gasteiger partial charge on any atom is -0.507 e. The van der Waals surface area contributed by atoms with Gasteiger partial charge in [0.2, 0.25) is 0 Å². The molecule has 2 aromatic rings. The van der Waals surface area contributed by atoms with Gasteiger partial charge in [0.05, 0.1) is 22.9 Å². The summed E-state index contributed by atoms with van der Waals surface area (Å²) in [5.41, 5.74) is 3.34. The summed E-state index contributed by atoms with van der Waals surface area (Å²) in [6.07, 6.45) is 1.51. The van der Waals surface area contributed by atoms with Crippen molar-refractivity contribution in [1.82, 2.24) is 5.43 Å². The average molecular weight is 363 g/mol. The number of halogens is 1. The topological polar surface area (TPSA) is 70.9 Å². The molecule has 0 unspecified atom stereocenters. The highest BCUT2D eigenvalue weighted by Gasteiger charge is 2.08. The number of hydrazone groups is 1. The monoisotopic (exact) mass is 362 g/mol. The van der Waals surface area contributed by atoms with Crippen molar-refractivity contribution < 1.29 is 14.6 Å². The van der Waals surface area contributed by atoms with Gasteiger partial charge in [0.15, 0.2) is 0 Å². The largest absolute Gasteiger partial charge is 0.507 e. The predicted octanol–water partition coefficient (Wildman–Crippen LogP) is 3.32. The van der Waals surface area contributed by atoms with E-state index >= 15 is 0 Å². The van der Waals surface area contributed by atoms with Gasteiger partial charge in [-0.05, 0) is 58.7 Å². The Morgan fingerprint density at radius 2 is 2.14 bits per heavy atom. The van der Waals surface area contributed by atoms with Crippen LogP contribution in [0.3, 0.4) is 0 Å². The van der Waals surface area contributed by atoms with E-state index in [2.05, 4.69) is 26.5 Å².